The summed E-state index contributed by atoms with van der Waals surface area (Å²) in [4.78, 5) is 10.4. The van der Waals surface area contributed by atoms with Gasteiger partial charge in [-0.15, -0.1) is 0 Å². The molecule has 1 heterocycles. The van der Waals surface area contributed by atoms with Crippen LogP contribution in [-0.2, 0) is 11.8 Å². The van der Waals surface area contributed by atoms with Gasteiger partial charge in [0.05, 0.1) is 0 Å². The Morgan fingerprint density at radius 3 is 2.46 bits per heavy atom. The lowest BCUT2D eigenvalue weighted by atomic mass is 10.2. The molecule has 0 spiro atoms. The molecule has 1 aromatic rings. The van der Waals surface area contributed by atoms with E-state index >= 15 is 0 Å². The minimum Gasteiger partial charge on any atom is -0.352 e. The largest absolute Gasteiger partial charge is 0.352 e. The van der Waals surface area contributed by atoms with Gasteiger partial charge in [-0.2, -0.15) is 0 Å². The molecule has 1 aromatic heterocycles. The molecule has 0 saturated carbocycles. The van der Waals surface area contributed by atoms with Crippen LogP contribution in [0.15, 0.2) is 11.6 Å². The number of hydrogen-bond acceptors (Lipinski definition) is 1. The van der Waals surface area contributed by atoms with Gasteiger partial charge in [0.15, 0.2) is 0 Å². The van der Waals surface area contributed by atoms with Crippen LogP contribution in [0.3, 0.4) is 0 Å². The standard InChI is InChI=1S/C11H15NO/c1-8(7-13)5-11-6-9(2)12(4)10(11)3/h5-7H,1-4H3. The van der Waals surface area contributed by atoms with Gasteiger partial charge in [0.25, 0.3) is 0 Å². The Bertz CT molecular complexity index is 358. The van der Waals surface area contributed by atoms with Crippen LogP contribution < -0.4 is 0 Å². The molecule has 2 nitrogen and oxygen atoms in total. The highest BCUT2D eigenvalue weighted by Crippen LogP contribution is 2.15. The van der Waals surface area contributed by atoms with E-state index < -0.39 is 0 Å². The number of allylic oxidation sites excluding steroid dienone is 1. The molecule has 0 aromatic carbocycles. The smallest absolute Gasteiger partial charge is 0.145 e. The van der Waals surface area contributed by atoms with Gasteiger partial charge in [-0.3, -0.25) is 4.79 Å². The second-order valence-corrected chi connectivity index (χ2v) is 3.39. The first-order chi connectivity index (χ1) is 6.06. The fourth-order valence-corrected chi connectivity index (χ4v) is 1.31. The van der Waals surface area contributed by atoms with Crippen LogP contribution in [0.5, 0.6) is 0 Å². The van der Waals surface area contributed by atoms with Crippen molar-refractivity contribution < 1.29 is 4.79 Å². The zero-order chi connectivity index (χ0) is 10.0. The Labute approximate surface area is 78.9 Å². The highest BCUT2D eigenvalue weighted by Gasteiger charge is 2.02. The van der Waals surface area contributed by atoms with E-state index in [1.54, 1.807) is 0 Å². The third-order valence-electron chi connectivity index (χ3n) is 2.38. The van der Waals surface area contributed by atoms with Crippen LogP contribution >= 0.6 is 0 Å². The number of aldehydes is 1. The molecule has 1 rings (SSSR count). The first-order valence-electron chi connectivity index (χ1n) is 4.32. The van der Waals surface area contributed by atoms with Crippen molar-refractivity contribution in [1.29, 1.82) is 0 Å². The Morgan fingerprint density at radius 2 is 2.08 bits per heavy atom. The summed E-state index contributed by atoms with van der Waals surface area (Å²) in [6, 6.07) is 2.09. The lowest BCUT2D eigenvalue weighted by Crippen LogP contribution is -1.92. The zero-order valence-electron chi connectivity index (χ0n) is 8.59. The summed E-state index contributed by atoms with van der Waals surface area (Å²) in [5.41, 5.74) is 4.29. The normalized spacial score (nSPS) is 11.8. The van der Waals surface area contributed by atoms with Gasteiger partial charge in [0, 0.05) is 18.4 Å². The van der Waals surface area contributed by atoms with Gasteiger partial charge >= 0.3 is 0 Å². The molecule has 0 bridgehead atoms. The zero-order valence-corrected chi connectivity index (χ0v) is 8.59. The average molecular weight is 177 g/mol. The molecule has 0 N–H and O–H groups in total. The van der Waals surface area contributed by atoms with E-state index in [-0.39, 0.29) is 0 Å². The summed E-state index contributed by atoms with van der Waals surface area (Å²) in [6.45, 7) is 5.92. The number of nitrogens with zero attached hydrogens (tertiary/aromatic N) is 1. The average Bonchev–Trinajstić information content (AvgIpc) is 2.34. The first-order valence-corrected chi connectivity index (χ1v) is 4.32. The van der Waals surface area contributed by atoms with Crippen molar-refractivity contribution in [3.05, 3.63) is 28.6 Å². The van der Waals surface area contributed by atoms with Crippen molar-refractivity contribution in [3.63, 3.8) is 0 Å². The van der Waals surface area contributed by atoms with Gasteiger partial charge in [0.2, 0.25) is 0 Å². The molecular formula is C11H15NO. The Kier molecular flexibility index (Phi) is 2.71. The van der Waals surface area contributed by atoms with E-state index in [0.717, 1.165) is 17.4 Å². The maximum absolute atomic E-state index is 10.4. The number of carbonyl (C=O) groups is 1. The monoisotopic (exact) mass is 177 g/mol. The fourth-order valence-electron chi connectivity index (χ4n) is 1.31. The summed E-state index contributed by atoms with van der Waals surface area (Å²) >= 11 is 0. The van der Waals surface area contributed by atoms with Crippen LogP contribution in [-0.4, -0.2) is 10.9 Å². The maximum Gasteiger partial charge on any atom is 0.145 e. The predicted octanol–water partition coefficient (Wildman–Crippen LogP) is 2.24. The van der Waals surface area contributed by atoms with E-state index in [4.69, 9.17) is 0 Å². The number of rotatable bonds is 2. The minimum atomic E-state index is 0.758. The van der Waals surface area contributed by atoms with Gasteiger partial charge in [-0.1, -0.05) is 0 Å². The molecule has 0 radical (unpaired) electrons. The molecule has 0 amide bonds. The summed E-state index contributed by atoms with van der Waals surface area (Å²) in [5, 5.41) is 0. The summed E-state index contributed by atoms with van der Waals surface area (Å²) < 4.78 is 2.11. The summed E-state index contributed by atoms with van der Waals surface area (Å²) in [6.07, 6.45) is 2.79. The SMILES string of the molecule is CC(C=O)=Cc1cc(C)n(C)c1C. The summed E-state index contributed by atoms with van der Waals surface area (Å²) in [7, 11) is 2.03. The molecule has 0 atom stereocenters. The molecular weight excluding hydrogens is 162 g/mol. The van der Waals surface area contributed by atoms with Crippen molar-refractivity contribution in [3.8, 4) is 0 Å². The lowest BCUT2D eigenvalue weighted by Gasteiger charge is -1.98. The van der Waals surface area contributed by atoms with Crippen molar-refractivity contribution in [1.82, 2.24) is 4.57 Å². The molecule has 0 aliphatic heterocycles. The summed E-state index contributed by atoms with van der Waals surface area (Å²) in [5.74, 6) is 0. The van der Waals surface area contributed by atoms with Crippen LogP contribution in [0, 0.1) is 13.8 Å². The van der Waals surface area contributed by atoms with Gasteiger partial charge in [0.1, 0.15) is 6.29 Å². The predicted molar refractivity (Wildman–Crippen MR) is 54.6 cm³/mol. The Balaban J connectivity index is 3.17. The van der Waals surface area contributed by atoms with Gasteiger partial charge in [-0.25, -0.2) is 0 Å². The molecule has 0 unspecified atom stereocenters. The Hall–Kier alpha value is -1.31. The van der Waals surface area contributed by atoms with E-state index in [2.05, 4.69) is 24.5 Å². The number of hydrogen-bond donors (Lipinski definition) is 0. The highest BCUT2D eigenvalue weighted by atomic mass is 16.1. The van der Waals surface area contributed by atoms with Gasteiger partial charge in [-0.05, 0) is 44.1 Å². The number of carbonyl (C=O) groups excluding carboxylic acids is 1. The molecule has 0 fully saturated rings. The third kappa shape index (κ3) is 1.89. The van der Waals surface area contributed by atoms with Crippen molar-refractivity contribution in [2.45, 2.75) is 20.8 Å². The molecule has 2 heteroatoms. The molecule has 13 heavy (non-hydrogen) atoms. The third-order valence-corrected chi connectivity index (χ3v) is 2.38. The van der Waals surface area contributed by atoms with Crippen LogP contribution in [0.4, 0.5) is 0 Å². The second-order valence-electron chi connectivity index (χ2n) is 3.39. The van der Waals surface area contributed by atoms with E-state index in [1.807, 2.05) is 20.0 Å². The molecule has 0 saturated heterocycles. The van der Waals surface area contributed by atoms with Crippen molar-refractivity contribution in [2.75, 3.05) is 0 Å². The van der Waals surface area contributed by atoms with Crippen LogP contribution in [0.2, 0.25) is 0 Å². The number of aromatic nitrogens is 1. The first kappa shape index (κ1) is 9.78. The maximum atomic E-state index is 10.4. The van der Waals surface area contributed by atoms with E-state index in [1.165, 1.54) is 11.4 Å². The van der Waals surface area contributed by atoms with E-state index in [0.29, 0.717) is 0 Å². The topological polar surface area (TPSA) is 22.0 Å². The number of aryl methyl sites for hydroxylation is 1. The van der Waals surface area contributed by atoms with Gasteiger partial charge < -0.3 is 4.57 Å². The van der Waals surface area contributed by atoms with Crippen molar-refractivity contribution in [2.24, 2.45) is 7.05 Å². The Morgan fingerprint density at radius 1 is 1.46 bits per heavy atom. The van der Waals surface area contributed by atoms with E-state index in [9.17, 15) is 4.79 Å². The molecule has 0 aliphatic rings. The van der Waals surface area contributed by atoms with Crippen LogP contribution in [0.1, 0.15) is 23.9 Å². The quantitative estimate of drug-likeness (QED) is 0.501. The highest BCUT2D eigenvalue weighted by molar-refractivity contribution is 5.81. The lowest BCUT2D eigenvalue weighted by molar-refractivity contribution is -0.104. The van der Waals surface area contributed by atoms with Crippen molar-refractivity contribution >= 4 is 12.4 Å². The fraction of sp³-hybridized carbons (Fsp3) is 0.364. The molecule has 70 valence electrons. The van der Waals surface area contributed by atoms with Crippen LogP contribution in [0.25, 0.3) is 6.08 Å². The minimum absolute atomic E-state index is 0.758. The molecule has 0 aliphatic carbocycles. The second kappa shape index (κ2) is 3.60.